The molecule has 0 heterocycles. The van der Waals surface area contributed by atoms with Crippen LogP contribution >= 0.6 is 0 Å². The number of hydrogen-bond donors (Lipinski definition) is 2. The van der Waals surface area contributed by atoms with Crippen LogP contribution in [0.4, 0.5) is 4.39 Å². The van der Waals surface area contributed by atoms with Crippen molar-refractivity contribution in [1.82, 2.24) is 5.32 Å². The minimum atomic E-state index is -0.842. The van der Waals surface area contributed by atoms with Crippen molar-refractivity contribution in [3.05, 3.63) is 65.0 Å². The minimum absolute atomic E-state index is 0.0764. The SMILES string of the molecule is Cc1cc(C(=O)NCc2ccc(OCCCC(=O)O)cc2)ccc1F. The van der Waals surface area contributed by atoms with Crippen LogP contribution in [0.25, 0.3) is 0 Å². The summed E-state index contributed by atoms with van der Waals surface area (Å²) in [5.41, 5.74) is 1.74. The number of carbonyl (C=O) groups is 2. The number of halogens is 1. The van der Waals surface area contributed by atoms with Gasteiger partial charge in [-0.3, -0.25) is 9.59 Å². The number of benzene rings is 2. The Kier molecular flexibility index (Phi) is 6.51. The number of nitrogens with one attached hydrogen (secondary N) is 1. The first-order valence-electron chi connectivity index (χ1n) is 7.93. The van der Waals surface area contributed by atoms with Crippen molar-refractivity contribution >= 4 is 11.9 Å². The number of amides is 1. The van der Waals surface area contributed by atoms with E-state index in [1.165, 1.54) is 18.2 Å². The molecule has 0 bridgehead atoms. The quantitative estimate of drug-likeness (QED) is 0.720. The third-order valence-electron chi connectivity index (χ3n) is 3.60. The molecule has 5 nitrogen and oxygen atoms in total. The normalized spacial score (nSPS) is 10.3. The monoisotopic (exact) mass is 345 g/mol. The molecule has 0 saturated heterocycles. The van der Waals surface area contributed by atoms with E-state index in [0.29, 0.717) is 36.4 Å². The van der Waals surface area contributed by atoms with E-state index in [9.17, 15) is 14.0 Å². The molecule has 0 aliphatic rings. The van der Waals surface area contributed by atoms with Gasteiger partial charge in [-0.25, -0.2) is 4.39 Å². The van der Waals surface area contributed by atoms with Crippen molar-refractivity contribution in [1.29, 1.82) is 0 Å². The van der Waals surface area contributed by atoms with E-state index < -0.39 is 5.97 Å². The van der Waals surface area contributed by atoms with Gasteiger partial charge in [-0.15, -0.1) is 0 Å². The third-order valence-corrected chi connectivity index (χ3v) is 3.60. The fourth-order valence-electron chi connectivity index (χ4n) is 2.19. The Morgan fingerprint density at radius 3 is 2.52 bits per heavy atom. The molecule has 0 unspecified atom stereocenters. The van der Waals surface area contributed by atoms with Gasteiger partial charge in [0, 0.05) is 18.5 Å². The number of hydrogen-bond acceptors (Lipinski definition) is 3. The van der Waals surface area contributed by atoms with Crippen LogP contribution in [-0.4, -0.2) is 23.6 Å². The molecule has 2 N–H and O–H groups in total. The molecule has 2 rings (SSSR count). The molecule has 0 spiro atoms. The van der Waals surface area contributed by atoms with Gasteiger partial charge < -0.3 is 15.2 Å². The van der Waals surface area contributed by atoms with Gasteiger partial charge >= 0.3 is 5.97 Å². The number of carboxylic acids is 1. The van der Waals surface area contributed by atoms with Gasteiger partial charge in [-0.05, 0) is 54.8 Å². The highest BCUT2D eigenvalue weighted by atomic mass is 19.1. The smallest absolute Gasteiger partial charge is 0.303 e. The minimum Gasteiger partial charge on any atom is -0.494 e. The van der Waals surface area contributed by atoms with E-state index in [0.717, 1.165) is 5.56 Å². The molecule has 0 aromatic heterocycles. The molecule has 132 valence electrons. The molecule has 0 saturated carbocycles. The second-order valence-electron chi connectivity index (χ2n) is 5.64. The third kappa shape index (κ3) is 5.91. The van der Waals surface area contributed by atoms with Crippen molar-refractivity contribution in [3.63, 3.8) is 0 Å². The van der Waals surface area contributed by atoms with E-state index in [2.05, 4.69) is 5.32 Å². The predicted octanol–water partition coefficient (Wildman–Crippen LogP) is 3.31. The maximum Gasteiger partial charge on any atom is 0.303 e. The molecule has 2 aromatic carbocycles. The number of ether oxygens (including phenoxy) is 1. The summed E-state index contributed by atoms with van der Waals surface area (Å²) in [5, 5.41) is 11.3. The molecular formula is C19H20FNO4. The van der Waals surface area contributed by atoms with E-state index >= 15 is 0 Å². The zero-order valence-electron chi connectivity index (χ0n) is 13.9. The fourth-order valence-corrected chi connectivity index (χ4v) is 2.19. The lowest BCUT2D eigenvalue weighted by molar-refractivity contribution is -0.137. The Bertz CT molecular complexity index is 744. The maximum atomic E-state index is 13.2. The van der Waals surface area contributed by atoms with E-state index in [1.54, 1.807) is 19.1 Å². The average Bonchev–Trinajstić information content (AvgIpc) is 2.60. The zero-order chi connectivity index (χ0) is 18.2. The average molecular weight is 345 g/mol. The van der Waals surface area contributed by atoms with Crippen molar-refractivity contribution in [2.75, 3.05) is 6.61 Å². The first-order chi connectivity index (χ1) is 12.0. The van der Waals surface area contributed by atoms with Crippen LogP contribution in [0.1, 0.15) is 34.3 Å². The summed E-state index contributed by atoms with van der Waals surface area (Å²) in [6.45, 7) is 2.29. The maximum absolute atomic E-state index is 13.2. The second-order valence-corrected chi connectivity index (χ2v) is 5.64. The van der Waals surface area contributed by atoms with Crippen LogP contribution in [0.2, 0.25) is 0 Å². The second kappa shape index (κ2) is 8.82. The Morgan fingerprint density at radius 1 is 1.16 bits per heavy atom. The van der Waals surface area contributed by atoms with Crippen molar-refractivity contribution in [2.45, 2.75) is 26.3 Å². The molecule has 2 aromatic rings. The van der Waals surface area contributed by atoms with Gasteiger partial charge in [-0.2, -0.15) is 0 Å². The summed E-state index contributed by atoms with van der Waals surface area (Å²) in [6, 6.07) is 11.4. The highest BCUT2D eigenvalue weighted by Crippen LogP contribution is 2.13. The summed E-state index contributed by atoms with van der Waals surface area (Å²) < 4.78 is 18.7. The van der Waals surface area contributed by atoms with Crippen LogP contribution in [0.15, 0.2) is 42.5 Å². The first-order valence-corrected chi connectivity index (χ1v) is 7.93. The lowest BCUT2D eigenvalue weighted by atomic mass is 10.1. The van der Waals surface area contributed by atoms with Crippen molar-refractivity contribution < 1.29 is 23.8 Å². The molecule has 0 aliphatic carbocycles. The predicted molar refractivity (Wildman–Crippen MR) is 91.1 cm³/mol. The number of aliphatic carboxylic acids is 1. The molecule has 0 atom stereocenters. The summed E-state index contributed by atoms with van der Waals surface area (Å²) >= 11 is 0. The molecule has 25 heavy (non-hydrogen) atoms. The van der Waals surface area contributed by atoms with Crippen LogP contribution in [-0.2, 0) is 11.3 Å². The van der Waals surface area contributed by atoms with E-state index in [4.69, 9.17) is 9.84 Å². The van der Waals surface area contributed by atoms with Gasteiger partial charge in [0.15, 0.2) is 0 Å². The topological polar surface area (TPSA) is 75.6 Å². The number of carbonyl (C=O) groups excluding carboxylic acids is 1. The van der Waals surface area contributed by atoms with Gasteiger partial charge in [0.25, 0.3) is 5.91 Å². The number of rotatable bonds is 8. The van der Waals surface area contributed by atoms with Gasteiger partial charge in [0.2, 0.25) is 0 Å². The lowest BCUT2D eigenvalue weighted by Crippen LogP contribution is -2.22. The first kappa shape index (κ1) is 18.4. The standard InChI is InChI=1S/C19H20FNO4/c1-13-11-15(6-9-17(13)20)19(24)21-12-14-4-7-16(8-5-14)25-10-2-3-18(22)23/h4-9,11H,2-3,10,12H2,1H3,(H,21,24)(H,22,23). The fraction of sp³-hybridized carbons (Fsp3) is 0.263. The summed E-state index contributed by atoms with van der Waals surface area (Å²) in [4.78, 5) is 22.5. The lowest BCUT2D eigenvalue weighted by Gasteiger charge is -2.08. The van der Waals surface area contributed by atoms with Crippen LogP contribution < -0.4 is 10.1 Å². The summed E-state index contributed by atoms with van der Waals surface area (Å²) in [5.74, 6) is -0.798. The number of aryl methyl sites for hydroxylation is 1. The van der Waals surface area contributed by atoms with E-state index in [-0.39, 0.29) is 18.1 Å². The Hall–Kier alpha value is -2.89. The summed E-state index contributed by atoms with van der Waals surface area (Å²) in [7, 11) is 0. The summed E-state index contributed by atoms with van der Waals surface area (Å²) in [6.07, 6.45) is 0.525. The van der Waals surface area contributed by atoms with Crippen LogP contribution in [0, 0.1) is 12.7 Å². The molecular weight excluding hydrogens is 325 g/mol. The molecule has 0 aliphatic heterocycles. The number of carboxylic acid groups (broad SMARTS) is 1. The highest BCUT2D eigenvalue weighted by molar-refractivity contribution is 5.94. The Labute approximate surface area is 145 Å². The largest absolute Gasteiger partial charge is 0.494 e. The van der Waals surface area contributed by atoms with Crippen LogP contribution in [0.5, 0.6) is 5.75 Å². The van der Waals surface area contributed by atoms with Gasteiger partial charge in [0.1, 0.15) is 11.6 Å². The molecule has 0 fully saturated rings. The van der Waals surface area contributed by atoms with E-state index in [1.807, 2.05) is 12.1 Å². The molecule has 6 heteroatoms. The van der Waals surface area contributed by atoms with Crippen LogP contribution in [0.3, 0.4) is 0 Å². The van der Waals surface area contributed by atoms with Gasteiger partial charge in [-0.1, -0.05) is 12.1 Å². The van der Waals surface area contributed by atoms with Gasteiger partial charge in [0.05, 0.1) is 6.61 Å². The zero-order valence-corrected chi connectivity index (χ0v) is 13.9. The Morgan fingerprint density at radius 2 is 1.88 bits per heavy atom. The highest BCUT2D eigenvalue weighted by Gasteiger charge is 2.07. The molecule has 1 amide bonds. The van der Waals surface area contributed by atoms with Crippen molar-refractivity contribution in [3.8, 4) is 5.75 Å². The van der Waals surface area contributed by atoms with Crippen molar-refractivity contribution in [2.24, 2.45) is 0 Å². The molecule has 0 radical (unpaired) electrons. The Balaban J connectivity index is 1.81.